The number of hydrogen-bond acceptors (Lipinski definition) is 4. The van der Waals surface area contributed by atoms with E-state index in [1.807, 2.05) is 44.2 Å². The lowest BCUT2D eigenvalue weighted by molar-refractivity contribution is 0.0951. The average Bonchev–Trinajstić information content (AvgIpc) is 2.65. The van der Waals surface area contributed by atoms with E-state index in [4.69, 9.17) is 5.73 Å². The van der Waals surface area contributed by atoms with E-state index in [0.29, 0.717) is 18.7 Å². The third kappa shape index (κ3) is 6.95. The van der Waals surface area contributed by atoms with Gasteiger partial charge in [0.2, 0.25) is 10.0 Å². The zero-order valence-corrected chi connectivity index (χ0v) is 17.0. The van der Waals surface area contributed by atoms with Gasteiger partial charge in [0.05, 0.1) is 4.90 Å². The highest BCUT2D eigenvalue weighted by molar-refractivity contribution is 7.89. The van der Waals surface area contributed by atoms with E-state index in [-0.39, 0.29) is 35.2 Å². The van der Waals surface area contributed by atoms with Gasteiger partial charge in [0.15, 0.2) is 0 Å². The fraction of sp³-hybridized carbons (Fsp3) is 0.316. The molecule has 2 aromatic rings. The SMILES string of the molecule is CC(C)CNS(=O)(=O)c1ccc(C(=O)NCC(N)c2ccccc2)cc1.Cl. The van der Waals surface area contributed by atoms with Crippen LogP contribution in [0.15, 0.2) is 59.5 Å². The number of halogens is 1. The van der Waals surface area contributed by atoms with E-state index in [1.54, 1.807) is 0 Å². The number of hydrogen-bond donors (Lipinski definition) is 3. The summed E-state index contributed by atoms with van der Waals surface area (Å²) in [5.41, 5.74) is 7.38. The van der Waals surface area contributed by atoms with Gasteiger partial charge >= 0.3 is 0 Å². The lowest BCUT2D eigenvalue weighted by Gasteiger charge is -2.13. The fourth-order valence-electron chi connectivity index (χ4n) is 2.27. The van der Waals surface area contributed by atoms with Gasteiger partial charge < -0.3 is 11.1 Å². The third-order valence-corrected chi connectivity index (χ3v) is 5.26. The van der Waals surface area contributed by atoms with E-state index in [2.05, 4.69) is 10.0 Å². The molecule has 0 bridgehead atoms. The lowest BCUT2D eigenvalue weighted by Crippen LogP contribution is -2.32. The molecule has 1 amide bonds. The molecule has 0 aliphatic heterocycles. The van der Waals surface area contributed by atoms with Crippen LogP contribution >= 0.6 is 12.4 Å². The maximum absolute atomic E-state index is 12.2. The summed E-state index contributed by atoms with van der Waals surface area (Å²) in [5.74, 6) is -0.0842. The van der Waals surface area contributed by atoms with Crippen molar-refractivity contribution < 1.29 is 13.2 Å². The summed E-state index contributed by atoms with van der Waals surface area (Å²) in [6.45, 7) is 4.51. The van der Waals surface area contributed by atoms with Crippen molar-refractivity contribution in [2.24, 2.45) is 11.7 Å². The molecule has 1 unspecified atom stereocenters. The second-order valence-corrected chi connectivity index (χ2v) is 8.26. The van der Waals surface area contributed by atoms with Gasteiger partial charge in [-0.05, 0) is 35.7 Å². The predicted octanol–water partition coefficient (Wildman–Crippen LogP) is 2.47. The zero-order valence-electron chi connectivity index (χ0n) is 15.4. The van der Waals surface area contributed by atoms with E-state index < -0.39 is 10.0 Å². The van der Waals surface area contributed by atoms with Crippen molar-refractivity contribution in [3.63, 3.8) is 0 Å². The van der Waals surface area contributed by atoms with Gasteiger partial charge in [0.1, 0.15) is 0 Å². The van der Waals surface area contributed by atoms with Crippen molar-refractivity contribution in [1.29, 1.82) is 0 Å². The number of benzene rings is 2. The number of sulfonamides is 1. The van der Waals surface area contributed by atoms with Gasteiger partial charge in [-0.2, -0.15) is 0 Å². The summed E-state index contributed by atoms with van der Waals surface area (Å²) in [6.07, 6.45) is 0. The summed E-state index contributed by atoms with van der Waals surface area (Å²) in [5, 5.41) is 2.77. The topological polar surface area (TPSA) is 101 Å². The normalized spacial score (nSPS) is 12.3. The summed E-state index contributed by atoms with van der Waals surface area (Å²) < 4.78 is 26.9. The maximum Gasteiger partial charge on any atom is 0.251 e. The minimum absolute atomic E-state index is 0. The highest BCUT2D eigenvalue weighted by atomic mass is 35.5. The van der Waals surface area contributed by atoms with Crippen molar-refractivity contribution in [3.8, 4) is 0 Å². The van der Waals surface area contributed by atoms with Gasteiger partial charge in [-0.15, -0.1) is 12.4 Å². The molecule has 0 spiro atoms. The number of carbonyl (C=O) groups is 1. The first-order valence-corrected chi connectivity index (χ1v) is 9.96. The van der Waals surface area contributed by atoms with Crippen molar-refractivity contribution in [1.82, 2.24) is 10.0 Å². The van der Waals surface area contributed by atoms with Crippen LogP contribution in [0.2, 0.25) is 0 Å². The lowest BCUT2D eigenvalue weighted by atomic mass is 10.1. The van der Waals surface area contributed by atoms with Gasteiger partial charge in [-0.1, -0.05) is 44.2 Å². The van der Waals surface area contributed by atoms with Crippen LogP contribution in [0.5, 0.6) is 0 Å². The highest BCUT2D eigenvalue weighted by Gasteiger charge is 2.15. The molecule has 2 aromatic carbocycles. The maximum atomic E-state index is 12.2. The van der Waals surface area contributed by atoms with E-state index in [1.165, 1.54) is 24.3 Å². The second kappa shape index (κ2) is 10.4. The Morgan fingerprint density at radius 3 is 2.15 bits per heavy atom. The summed E-state index contributed by atoms with van der Waals surface area (Å²) >= 11 is 0. The van der Waals surface area contributed by atoms with Crippen LogP contribution in [0.3, 0.4) is 0 Å². The molecule has 148 valence electrons. The fourth-order valence-corrected chi connectivity index (χ4v) is 3.48. The van der Waals surface area contributed by atoms with Crippen molar-refractivity contribution in [2.75, 3.05) is 13.1 Å². The van der Waals surface area contributed by atoms with Crippen LogP contribution in [0, 0.1) is 5.92 Å². The molecular weight excluding hydrogens is 386 g/mol. The molecular formula is C19H26ClN3O3S. The van der Waals surface area contributed by atoms with Crippen molar-refractivity contribution in [2.45, 2.75) is 24.8 Å². The predicted molar refractivity (Wildman–Crippen MR) is 109 cm³/mol. The summed E-state index contributed by atoms with van der Waals surface area (Å²) in [4.78, 5) is 12.4. The molecule has 0 fully saturated rings. The Morgan fingerprint density at radius 1 is 1.00 bits per heavy atom. The van der Waals surface area contributed by atoms with Crippen LogP contribution in [-0.4, -0.2) is 27.4 Å². The molecule has 27 heavy (non-hydrogen) atoms. The average molecular weight is 412 g/mol. The first-order valence-electron chi connectivity index (χ1n) is 8.48. The zero-order chi connectivity index (χ0) is 19.2. The molecule has 0 radical (unpaired) electrons. The Balaban J connectivity index is 0.00000364. The molecule has 0 saturated carbocycles. The first kappa shape index (κ1) is 23.1. The Kier molecular flexibility index (Phi) is 8.92. The van der Waals surface area contributed by atoms with Crippen LogP contribution in [0.1, 0.15) is 35.8 Å². The molecule has 0 aliphatic carbocycles. The molecule has 0 heterocycles. The quantitative estimate of drug-likeness (QED) is 0.621. The number of amides is 1. The van der Waals surface area contributed by atoms with Gasteiger partial charge in [-0.3, -0.25) is 4.79 Å². The molecule has 2 rings (SSSR count). The van der Waals surface area contributed by atoms with E-state index >= 15 is 0 Å². The minimum Gasteiger partial charge on any atom is -0.350 e. The molecule has 1 atom stereocenters. The molecule has 8 heteroatoms. The number of nitrogens with two attached hydrogens (primary N) is 1. The molecule has 0 saturated heterocycles. The Morgan fingerprint density at radius 2 is 1.59 bits per heavy atom. The largest absolute Gasteiger partial charge is 0.350 e. The number of nitrogens with one attached hydrogen (secondary N) is 2. The molecule has 0 aromatic heterocycles. The van der Waals surface area contributed by atoms with Crippen LogP contribution in [0.4, 0.5) is 0 Å². The highest BCUT2D eigenvalue weighted by Crippen LogP contribution is 2.12. The molecule has 6 nitrogen and oxygen atoms in total. The van der Waals surface area contributed by atoms with Crippen LogP contribution in [-0.2, 0) is 10.0 Å². The minimum atomic E-state index is -3.56. The van der Waals surface area contributed by atoms with Gasteiger partial charge in [0, 0.05) is 24.7 Å². The van der Waals surface area contributed by atoms with Gasteiger partial charge in [-0.25, -0.2) is 13.1 Å². The summed E-state index contributed by atoms with van der Waals surface area (Å²) in [7, 11) is -3.56. The first-order chi connectivity index (χ1) is 12.3. The van der Waals surface area contributed by atoms with Crippen molar-refractivity contribution in [3.05, 3.63) is 65.7 Å². The Labute approximate surface area is 167 Å². The van der Waals surface area contributed by atoms with Crippen LogP contribution < -0.4 is 15.8 Å². The monoisotopic (exact) mass is 411 g/mol. The Bertz CT molecular complexity index is 825. The standard InChI is InChI=1S/C19H25N3O3S.ClH/c1-14(2)12-22-26(24,25)17-10-8-16(9-11-17)19(23)21-13-18(20)15-6-4-3-5-7-15;/h3-11,14,18,22H,12-13,20H2,1-2H3,(H,21,23);1H. The van der Waals surface area contributed by atoms with E-state index in [0.717, 1.165) is 5.56 Å². The second-order valence-electron chi connectivity index (χ2n) is 6.50. The van der Waals surface area contributed by atoms with E-state index in [9.17, 15) is 13.2 Å². The summed E-state index contributed by atoms with van der Waals surface area (Å²) in [6, 6.07) is 15.0. The Hall–Kier alpha value is -1.93. The number of rotatable bonds is 8. The van der Waals surface area contributed by atoms with Gasteiger partial charge in [0.25, 0.3) is 5.91 Å². The van der Waals surface area contributed by atoms with Crippen molar-refractivity contribution >= 4 is 28.3 Å². The molecule has 0 aliphatic rings. The number of carbonyl (C=O) groups excluding carboxylic acids is 1. The molecule has 4 N–H and O–H groups in total. The smallest absolute Gasteiger partial charge is 0.251 e. The third-order valence-electron chi connectivity index (χ3n) is 3.82. The van der Waals surface area contributed by atoms with Crippen LogP contribution in [0.25, 0.3) is 0 Å².